The van der Waals surface area contributed by atoms with Gasteiger partial charge in [0.1, 0.15) is 12.4 Å². The van der Waals surface area contributed by atoms with Crippen LogP contribution in [0.5, 0.6) is 5.75 Å². The lowest BCUT2D eigenvalue weighted by Gasteiger charge is -2.14. The Hall–Kier alpha value is -1.32. The van der Waals surface area contributed by atoms with Gasteiger partial charge >= 0.3 is 0 Å². The summed E-state index contributed by atoms with van der Waals surface area (Å²) in [5.41, 5.74) is 3.24. The fourth-order valence-corrected chi connectivity index (χ4v) is 2.39. The highest BCUT2D eigenvalue weighted by Crippen LogP contribution is 2.29. The van der Waals surface area contributed by atoms with Crippen LogP contribution in [-0.4, -0.2) is 5.11 Å². The summed E-state index contributed by atoms with van der Waals surface area (Å²) in [6.07, 6.45) is 0.491. The number of halogens is 1. The van der Waals surface area contributed by atoms with Gasteiger partial charge in [-0.3, -0.25) is 0 Å². The maximum absolute atomic E-state index is 9.79. The summed E-state index contributed by atoms with van der Waals surface area (Å²) in [5.74, 6) is 0.725. The molecule has 0 fully saturated rings. The Balaban J connectivity index is 2.10. The molecule has 0 bridgehead atoms. The van der Waals surface area contributed by atoms with E-state index in [1.807, 2.05) is 18.2 Å². The second-order valence-electron chi connectivity index (χ2n) is 4.82. The number of rotatable bonds is 5. The highest BCUT2D eigenvalue weighted by molar-refractivity contribution is 9.10. The maximum Gasteiger partial charge on any atom is 0.125 e. The average molecular weight is 335 g/mol. The molecule has 3 heteroatoms. The van der Waals surface area contributed by atoms with E-state index in [1.165, 1.54) is 5.56 Å². The van der Waals surface area contributed by atoms with Crippen LogP contribution in [0.1, 0.15) is 36.6 Å². The number of aliphatic hydroxyl groups excluding tert-OH is 1. The van der Waals surface area contributed by atoms with Gasteiger partial charge in [0.15, 0.2) is 0 Å². The van der Waals surface area contributed by atoms with Crippen molar-refractivity contribution in [2.75, 3.05) is 0 Å². The van der Waals surface area contributed by atoms with Crippen molar-refractivity contribution in [3.05, 3.63) is 63.6 Å². The Morgan fingerprint density at radius 3 is 2.35 bits per heavy atom. The predicted molar refractivity (Wildman–Crippen MR) is 84.9 cm³/mol. The second-order valence-corrected chi connectivity index (χ2v) is 5.73. The molecule has 1 N–H and O–H groups in total. The van der Waals surface area contributed by atoms with Crippen LogP contribution in [-0.2, 0) is 13.0 Å². The van der Waals surface area contributed by atoms with Crippen molar-refractivity contribution in [2.24, 2.45) is 0 Å². The summed E-state index contributed by atoms with van der Waals surface area (Å²) >= 11 is 3.41. The van der Waals surface area contributed by atoms with Crippen LogP contribution in [0.25, 0.3) is 0 Å². The monoisotopic (exact) mass is 334 g/mol. The smallest absolute Gasteiger partial charge is 0.125 e. The molecule has 0 unspecified atom stereocenters. The summed E-state index contributed by atoms with van der Waals surface area (Å²) in [6.45, 7) is 4.39. The standard InChI is InChI=1S/C17H19BrO2/c1-3-13-4-6-14(7-5-13)11-20-17-9-8-15(18)10-16(17)12(2)19/h4-10,12,19H,3,11H2,1-2H3/t12-/m0/s1. The molecular weight excluding hydrogens is 316 g/mol. The van der Waals surface area contributed by atoms with Gasteiger partial charge in [-0.05, 0) is 42.7 Å². The van der Waals surface area contributed by atoms with Crippen LogP contribution in [0, 0.1) is 0 Å². The summed E-state index contributed by atoms with van der Waals surface area (Å²) < 4.78 is 6.77. The van der Waals surface area contributed by atoms with E-state index in [0.29, 0.717) is 6.61 Å². The van der Waals surface area contributed by atoms with Crippen LogP contribution >= 0.6 is 15.9 Å². The van der Waals surface area contributed by atoms with Crippen molar-refractivity contribution < 1.29 is 9.84 Å². The molecule has 0 saturated heterocycles. The molecule has 1 atom stereocenters. The lowest BCUT2D eigenvalue weighted by atomic mass is 10.1. The molecule has 0 aliphatic carbocycles. The fourth-order valence-electron chi connectivity index (χ4n) is 2.01. The summed E-state index contributed by atoms with van der Waals surface area (Å²) in [4.78, 5) is 0. The highest BCUT2D eigenvalue weighted by Gasteiger charge is 2.10. The van der Waals surface area contributed by atoms with Crippen molar-refractivity contribution in [1.29, 1.82) is 0 Å². The number of hydrogen-bond acceptors (Lipinski definition) is 2. The van der Waals surface area contributed by atoms with Crippen LogP contribution in [0.3, 0.4) is 0 Å². The third-order valence-electron chi connectivity index (χ3n) is 3.25. The molecule has 0 amide bonds. The lowest BCUT2D eigenvalue weighted by molar-refractivity contribution is 0.190. The van der Waals surface area contributed by atoms with Gasteiger partial charge in [0, 0.05) is 10.0 Å². The zero-order chi connectivity index (χ0) is 14.5. The van der Waals surface area contributed by atoms with Crippen molar-refractivity contribution in [2.45, 2.75) is 33.0 Å². The molecule has 20 heavy (non-hydrogen) atoms. The summed E-state index contributed by atoms with van der Waals surface area (Å²) in [5, 5.41) is 9.79. The minimum atomic E-state index is -0.551. The third kappa shape index (κ3) is 3.84. The van der Waals surface area contributed by atoms with Gasteiger partial charge in [0.05, 0.1) is 6.10 Å². The largest absolute Gasteiger partial charge is 0.489 e. The fraction of sp³-hybridized carbons (Fsp3) is 0.294. The first-order valence-electron chi connectivity index (χ1n) is 6.78. The molecule has 0 aromatic heterocycles. The van der Waals surface area contributed by atoms with E-state index in [9.17, 15) is 5.11 Å². The molecule has 2 aromatic rings. The summed E-state index contributed by atoms with van der Waals surface area (Å²) in [6, 6.07) is 14.1. The summed E-state index contributed by atoms with van der Waals surface area (Å²) in [7, 11) is 0. The van der Waals surface area contributed by atoms with Gasteiger partial charge in [-0.15, -0.1) is 0 Å². The zero-order valence-electron chi connectivity index (χ0n) is 11.8. The Labute approximate surface area is 128 Å². The van der Waals surface area contributed by atoms with Crippen molar-refractivity contribution in [1.82, 2.24) is 0 Å². The zero-order valence-corrected chi connectivity index (χ0v) is 13.4. The van der Waals surface area contributed by atoms with Gasteiger partial charge in [-0.1, -0.05) is 47.1 Å². The second kappa shape index (κ2) is 6.91. The molecule has 2 aromatic carbocycles. The molecule has 0 heterocycles. The van der Waals surface area contributed by atoms with Gasteiger partial charge in [0.25, 0.3) is 0 Å². The number of aliphatic hydroxyl groups is 1. The first-order valence-corrected chi connectivity index (χ1v) is 7.57. The molecule has 106 valence electrons. The number of benzene rings is 2. The molecule has 0 radical (unpaired) electrons. The Morgan fingerprint density at radius 1 is 1.10 bits per heavy atom. The average Bonchev–Trinajstić information content (AvgIpc) is 2.46. The Kier molecular flexibility index (Phi) is 5.21. The molecule has 0 saturated carbocycles. The van der Waals surface area contributed by atoms with Gasteiger partial charge in [0.2, 0.25) is 0 Å². The van der Waals surface area contributed by atoms with E-state index in [1.54, 1.807) is 6.92 Å². The normalized spacial score (nSPS) is 12.2. The first-order chi connectivity index (χ1) is 9.60. The van der Waals surface area contributed by atoms with Gasteiger partial charge in [-0.2, -0.15) is 0 Å². The molecule has 0 spiro atoms. The Bertz CT molecular complexity index is 562. The minimum absolute atomic E-state index is 0.505. The van der Waals surface area contributed by atoms with Crippen LogP contribution < -0.4 is 4.74 Å². The molecular formula is C17H19BrO2. The van der Waals surface area contributed by atoms with Crippen LogP contribution in [0.2, 0.25) is 0 Å². The van der Waals surface area contributed by atoms with E-state index in [4.69, 9.17) is 4.74 Å². The van der Waals surface area contributed by atoms with Crippen molar-refractivity contribution >= 4 is 15.9 Å². The minimum Gasteiger partial charge on any atom is -0.489 e. The lowest BCUT2D eigenvalue weighted by Crippen LogP contribution is -2.01. The molecule has 0 aliphatic heterocycles. The third-order valence-corrected chi connectivity index (χ3v) is 3.74. The highest BCUT2D eigenvalue weighted by atomic mass is 79.9. The Morgan fingerprint density at radius 2 is 1.75 bits per heavy atom. The van der Waals surface area contributed by atoms with E-state index in [-0.39, 0.29) is 0 Å². The van der Waals surface area contributed by atoms with Crippen LogP contribution in [0.15, 0.2) is 46.9 Å². The van der Waals surface area contributed by atoms with Crippen molar-refractivity contribution in [3.63, 3.8) is 0 Å². The van der Waals surface area contributed by atoms with Crippen molar-refractivity contribution in [3.8, 4) is 5.75 Å². The molecule has 2 rings (SSSR count). The SMILES string of the molecule is CCc1ccc(COc2ccc(Br)cc2[C@H](C)O)cc1. The van der Waals surface area contributed by atoms with Gasteiger partial charge < -0.3 is 9.84 Å². The topological polar surface area (TPSA) is 29.5 Å². The van der Waals surface area contributed by atoms with E-state index in [2.05, 4.69) is 47.1 Å². The number of hydrogen-bond donors (Lipinski definition) is 1. The van der Waals surface area contributed by atoms with Crippen LogP contribution in [0.4, 0.5) is 0 Å². The predicted octanol–water partition coefficient (Wildman–Crippen LogP) is 4.64. The molecule has 2 nitrogen and oxygen atoms in total. The molecule has 0 aliphatic rings. The van der Waals surface area contributed by atoms with Gasteiger partial charge in [-0.25, -0.2) is 0 Å². The van der Waals surface area contributed by atoms with E-state index < -0.39 is 6.10 Å². The van der Waals surface area contributed by atoms with E-state index in [0.717, 1.165) is 27.8 Å². The number of aryl methyl sites for hydroxylation is 1. The maximum atomic E-state index is 9.79. The number of ether oxygens (including phenoxy) is 1. The van der Waals surface area contributed by atoms with E-state index >= 15 is 0 Å². The first kappa shape index (κ1) is 15.1. The quantitative estimate of drug-likeness (QED) is 0.862.